The van der Waals surface area contributed by atoms with Crippen LogP contribution >= 0.6 is 0 Å². The first-order chi connectivity index (χ1) is 5.79. The van der Waals surface area contributed by atoms with E-state index in [1.54, 1.807) is 0 Å². The molecule has 0 bridgehead atoms. The van der Waals surface area contributed by atoms with Crippen LogP contribution in [0.1, 0.15) is 32.0 Å². The van der Waals surface area contributed by atoms with E-state index in [2.05, 4.69) is 35.0 Å². The molecule has 1 atom stereocenters. The van der Waals surface area contributed by atoms with Crippen molar-refractivity contribution in [3.8, 4) is 0 Å². The lowest BCUT2D eigenvalue weighted by molar-refractivity contribution is 0.521. The van der Waals surface area contributed by atoms with Crippen LogP contribution in [0.15, 0.2) is 12.3 Å². The summed E-state index contributed by atoms with van der Waals surface area (Å²) in [5.41, 5.74) is 1.26. The van der Waals surface area contributed by atoms with E-state index < -0.39 is 0 Å². The third kappa shape index (κ3) is 1.85. The molecule has 1 unspecified atom stereocenters. The molecule has 12 heavy (non-hydrogen) atoms. The Morgan fingerprint density at radius 1 is 1.67 bits per heavy atom. The maximum Gasteiger partial charge on any atom is 0.0550 e. The van der Waals surface area contributed by atoms with Crippen molar-refractivity contribution in [2.45, 2.75) is 32.9 Å². The molecule has 0 aromatic carbocycles. The maximum atomic E-state index is 4.25. The highest BCUT2D eigenvalue weighted by molar-refractivity contribution is 5.05. The lowest BCUT2D eigenvalue weighted by Gasteiger charge is -2.12. The zero-order chi connectivity index (χ0) is 8.97. The van der Waals surface area contributed by atoms with Gasteiger partial charge < -0.3 is 5.32 Å². The molecule has 1 heterocycles. The zero-order valence-electron chi connectivity index (χ0n) is 8.04. The van der Waals surface area contributed by atoms with Crippen LogP contribution in [0.25, 0.3) is 0 Å². The molecular weight excluding hydrogens is 150 g/mol. The first kappa shape index (κ1) is 9.26. The SMILES string of the molecule is CCCn1nccc1C(C)NC. The van der Waals surface area contributed by atoms with Crippen molar-refractivity contribution in [1.29, 1.82) is 0 Å². The van der Waals surface area contributed by atoms with Crippen LogP contribution < -0.4 is 5.32 Å². The van der Waals surface area contributed by atoms with Gasteiger partial charge in [-0.2, -0.15) is 5.10 Å². The number of hydrogen-bond acceptors (Lipinski definition) is 2. The molecule has 0 aliphatic rings. The number of nitrogens with zero attached hydrogens (tertiary/aromatic N) is 2. The number of aromatic nitrogens is 2. The average Bonchev–Trinajstić information content (AvgIpc) is 2.52. The van der Waals surface area contributed by atoms with Gasteiger partial charge in [0.05, 0.1) is 5.69 Å². The molecule has 0 fully saturated rings. The summed E-state index contributed by atoms with van der Waals surface area (Å²) in [5.74, 6) is 0. The van der Waals surface area contributed by atoms with Gasteiger partial charge in [-0.25, -0.2) is 0 Å². The fraction of sp³-hybridized carbons (Fsp3) is 0.667. The molecular formula is C9H17N3. The monoisotopic (exact) mass is 167 g/mol. The Morgan fingerprint density at radius 3 is 3.00 bits per heavy atom. The molecule has 1 aromatic rings. The van der Waals surface area contributed by atoms with Crippen LogP contribution in [0.3, 0.4) is 0 Å². The van der Waals surface area contributed by atoms with Crippen molar-refractivity contribution in [1.82, 2.24) is 15.1 Å². The van der Waals surface area contributed by atoms with Gasteiger partial charge in [0.1, 0.15) is 0 Å². The average molecular weight is 167 g/mol. The minimum atomic E-state index is 0.388. The number of rotatable bonds is 4. The Morgan fingerprint density at radius 2 is 2.42 bits per heavy atom. The molecule has 0 radical (unpaired) electrons. The summed E-state index contributed by atoms with van der Waals surface area (Å²) in [7, 11) is 1.97. The quantitative estimate of drug-likeness (QED) is 0.737. The van der Waals surface area contributed by atoms with E-state index in [-0.39, 0.29) is 0 Å². The summed E-state index contributed by atoms with van der Waals surface area (Å²) in [6.07, 6.45) is 2.99. The Kier molecular flexibility index (Phi) is 3.29. The third-order valence-electron chi connectivity index (χ3n) is 2.06. The molecule has 0 amide bonds. The number of aryl methyl sites for hydroxylation is 1. The topological polar surface area (TPSA) is 29.9 Å². The normalized spacial score (nSPS) is 13.2. The van der Waals surface area contributed by atoms with E-state index in [1.807, 2.05) is 13.2 Å². The fourth-order valence-corrected chi connectivity index (χ4v) is 1.26. The van der Waals surface area contributed by atoms with E-state index in [9.17, 15) is 0 Å². The molecule has 3 nitrogen and oxygen atoms in total. The van der Waals surface area contributed by atoms with Crippen molar-refractivity contribution >= 4 is 0 Å². The van der Waals surface area contributed by atoms with Gasteiger partial charge in [-0.1, -0.05) is 6.92 Å². The van der Waals surface area contributed by atoms with Crippen LogP contribution in [-0.4, -0.2) is 16.8 Å². The molecule has 3 heteroatoms. The van der Waals surface area contributed by atoms with Crippen LogP contribution in [-0.2, 0) is 6.54 Å². The smallest absolute Gasteiger partial charge is 0.0550 e. The van der Waals surface area contributed by atoms with Gasteiger partial charge in [-0.3, -0.25) is 4.68 Å². The Balaban J connectivity index is 2.76. The summed E-state index contributed by atoms with van der Waals surface area (Å²) < 4.78 is 2.06. The Labute approximate surface area is 73.8 Å². The maximum absolute atomic E-state index is 4.25. The summed E-state index contributed by atoms with van der Waals surface area (Å²) in [4.78, 5) is 0. The van der Waals surface area contributed by atoms with Crippen molar-refractivity contribution in [2.24, 2.45) is 0 Å². The van der Waals surface area contributed by atoms with Crippen LogP contribution in [0.4, 0.5) is 0 Å². The first-order valence-electron chi connectivity index (χ1n) is 4.48. The molecule has 0 spiro atoms. The molecule has 1 rings (SSSR count). The number of hydrogen-bond donors (Lipinski definition) is 1. The largest absolute Gasteiger partial charge is 0.312 e. The van der Waals surface area contributed by atoms with Gasteiger partial charge in [0.15, 0.2) is 0 Å². The first-order valence-corrected chi connectivity index (χ1v) is 4.48. The van der Waals surface area contributed by atoms with E-state index in [0.717, 1.165) is 13.0 Å². The van der Waals surface area contributed by atoms with Gasteiger partial charge in [-0.15, -0.1) is 0 Å². The second-order valence-electron chi connectivity index (χ2n) is 2.99. The molecule has 1 aromatic heterocycles. The van der Waals surface area contributed by atoms with E-state index in [4.69, 9.17) is 0 Å². The molecule has 0 saturated heterocycles. The predicted molar refractivity (Wildman–Crippen MR) is 50.0 cm³/mol. The standard InChI is InChI=1S/C9H17N3/c1-4-7-12-9(5-6-11-12)8(2)10-3/h5-6,8,10H,4,7H2,1-3H3. The van der Waals surface area contributed by atoms with Gasteiger partial charge >= 0.3 is 0 Å². The predicted octanol–water partition coefficient (Wildman–Crippen LogP) is 1.57. The van der Waals surface area contributed by atoms with E-state index >= 15 is 0 Å². The van der Waals surface area contributed by atoms with E-state index in [0.29, 0.717) is 6.04 Å². The summed E-state index contributed by atoms with van der Waals surface area (Å²) in [6.45, 7) is 5.31. The molecule has 68 valence electrons. The van der Waals surface area contributed by atoms with Crippen molar-refractivity contribution in [2.75, 3.05) is 7.05 Å². The van der Waals surface area contributed by atoms with Gasteiger partial charge in [0.25, 0.3) is 0 Å². The molecule has 0 aliphatic heterocycles. The summed E-state index contributed by atoms with van der Waals surface area (Å²) >= 11 is 0. The summed E-state index contributed by atoms with van der Waals surface area (Å²) in [5, 5.41) is 7.46. The van der Waals surface area contributed by atoms with Crippen LogP contribution in [0.2, 0.25) is 0 Å². The van der Waals surface area contributed by atoms with Crippen molar-refractivity contribution < 1.29 is 0 Å². The highest BCUT2D eigenvalue weighted by atomic mass is 15.3. The van der Waals surface area contributed by atoms with Crippen molar-refractivity contribution in [3.05, 3.63) is 18.0 Å². The van der Waals surface area contributed by atoms with Gasteiger partial charge in [0.2, 0.25) is 0 Å². The minimum Gasteiger partial charge on any atom is -0.312 e. The minimum absolute atomic E-state index is 0.388. The van der Waals surface area contributed by atoms with Crippen molar-refractivity contribution in [3.63, 3.8) is 0 Å². The fourth-order valence-electron chi connectivity index (χ4n) is 1.26. The van der Waals surface area contributed by atoms with E-state index in [1.165, 1.54) is 5.69 Å². The highest BCUT2D eigenvalue weighted by Gasteiger charge is 2.07. The number of nitrogens with one attached hydrogen (secondary N) is 1. The lowest BCUT2D eigenvalue weighted by Crippen LogP contribution is -2.17. The Bertz CT molecular complexity index is 229. The molecule has 1 N–H and O–H groups in total. The highest BCUT2D eigenvalue weighted by Crippen LogP contribution is 2.10. The third-order valence-corrected chi connectivity index (χ3v) is 2.06. The van der Waals surface area contributed by atoms with Crippen LogP contribution in [0.5, 0.6) is 0 Å². The molecule has 0 aliphatic carbocycles. The molecule has 0 saturated carbocycles. The van der Waals surface area contributed by atoms with Gasteiger partial charge in [0, 0.05) is 18.8 Å². The second kappa shape index (κ2) is 4.26. The van der Waals surface area contributed by atoms with Crippen LogP contribution in [0, 0.1) is 0 Å². The Hall–Kier alpha value is -0.830. The zero-order valence-corrected chi connectivity index (χ0v) is 8.04. The second-order valence-corrected chi connectivity index (χ2v) is 2.99. The summed E-state index contributed by atoms with van der Waals surface area (Å²) in [6, 6.07) is 2.45. The lowest BCUT2D eigenvalue weighted by atomic mass is 10.2. The van der Waals surface area contributed by atoms with Gasteiger partial charge in [-0.05, 0) is 26.5 Å².